The van der Waals surface area contributed by atoms with Crippen LogP contribution in [0.5, 0.6) is 0 Å². The third-order valence-corrected chi connectivity index (χ3v) is 3.97. The summed E-state index contributed by atoms with van der Waals surface area (Å²) < 4.78 is 27.5. The first-order valence-electron chi connectivity index (χ1n) is 5.24. The largest absolute Gasteiger partial charge is 0.314 e. The van der Waals surface area contributed by atoms with Gasteiger partial charge in [0.2, 0.25) is 0 Å². The Bertz CT molecular complexity index is 365. The SMILES string of the molecule is CC(C)(C#N)CNS(=O)(=O)N1CCNCC1. The van der Waals surface area contributed by atoms with E-state index in [9.17, 15) is 8.42 Å². The zero-order valence-corrected chi connectivity index (χ0v) is 10.5. The van der Waals surface area contributed by atoms with Gasteiger partial charge >= 0.3 is 0 Å². The molecule has 0 amide bonds. The van der Waals surface area contributed by atoms with Crippen LogP contribution in [-0.4, -0.2) is 45.4 Å². The normalized spacial score (nSPS) is 19.3. The predicted octanol–water partition coefficient (Wildman–Crippen LogP) is -0.724. The summed E-state index contributed by atoms with van der Waals surface area (Å²) in [6.07, 6.45) is 0. The van der Waals surface area contributed by atoms with E-state index in [0.29, 0.717) is 26.2 Å². The first kappa shape index (κ1) is 13.4. The number of nitriles is 1. The molecule has 6 nitrogen and oxygen atoms in total. The lowest BCUT2D eigenvalue weighted by Gasteiger charge is -2.27. The fourth-order valence-corrected chi connectivity index (χ4v) is 2.68. The highest BCUT2D eigenvalue weighted by Crippen LogP contribution is 2.12. The Morgan fingerprint density at radius 2 is 2.00 bits per heavy atom. The van der Waals surface area contributed by atoms with E-state index in [0.717, 1.165) is 0 Å². The number of piperazine rings is 1. The van der Waals surface area contributed by atoms with Crippen molar-refractivity contribution in [1.29, 1.82) is 5.26 Å². The van der Waals surface area contributed by atoms with Gasteiger partial charge in [-0.05, 0) is 13.8 Å². The van der Waals surface area contributed by atoms with Gasteiger partial charge in [0.15, 0.2) is 0 Å². The fraction of sp³-hybridized carbons (Fsp3) is 0.889. The van der Waals surface area contributed by atoms with Gasteiger partial charge in [-0.25, -0.2) is 4.72 Å². The van der Waals surface area contributed by atoms with Crippen molar-refractivity contribution in [3.63, 3.8) is 0 Å². The van der Waals surface area contributed by atoms with Crippen LogP contribution in [-0.2, 0) is 10.2 Å². The Balaban J connectivity index is 2.55. The molecule has 1 aliphatic heterocycles. The topological polar surface area (TPSA) is 85.2 Å². The molecule has 0 bridgehead atoms. The van der Waals surface area contributed by atoms with Crippen molar-refractivity contribution in [3.8, 4) is 6.07 Å². The van der Waals surface area contributed by atoms with Crippen molar-refractivity contribution in [2.24, 2.45) is 5.41 Å². The summed E-state index contributed by atoms with van der Waals surface area (Å²) in [6, 6.07) is 2.06. The smallest absolute Gasteiger partial charge is 0.279 e. The summed E-state index contributed by atoms with van der Waals surface area (Å²) in [5.74, 6) is 0. The molecule has 0 aromatic heterocycles. The van der Waals surface area contributed by atoms with Crippen molar-refractivity contribution < 1.29 is 8.42 Å². The van der Waals surface area contributed by atoms with Gasteiger partial charge in [0, 0.05) is 32.7 Å². The van der Waals surface area contributed by atoms with Crippen LogP contribution in [0, 0.1) is 16.7 Å². The van der Waals surface area contributed by atoms with Crippen LogP contribution < -0.4 is 10.0 Å². The Morgan fingerprint density at radius 3 is 2.50 bits per heavy atom. The minimum Gasteiger partial charge on any atom is -0.314 e. The van der Waals surface area contributed by atoms with E-state index in [2.05, 4.69) is 16.1 Å². The maximum atomic E-state index is 11.8. The molecule has 0 spiro atoms. The van der Waals surface area contributed by atoms with Gasteiger partial charge in [-0.3, -0.25) is 0 Å². The van der Waals surface area contributed by atoms with Crippen molar-refractivity contribution in [1.82, 2.24) is 14.3 Å². The zero-order valence-electron chi connectivity index (χ0n) is 9.65. The molecule has 0 aromatic rings. The standard InChI is InChI=1S/C9H18N4O2S/c1-9(2,7-10)8-12-16(14,15)13-5-3-11-4-6-13/h11-12H,3-6,8H2,1-2H3. The summed E-state index contributed by atoms with van der Waals surface area (Å²) in [7, 11) is -3.43. The highest BCUT2D eigenvalue weighted by molar-refractivity contribution is 7.87. The quantitative estimate of drug-likeness (QED) is 0.685. The number of rotatable bonds is 4. The third kappa shape index (κ3) is 3.72. The Labute approximate surface area is 96.8 Å². The van der Waals surface area contributed by atoms with Gasteiger partial charge in [-0.2, -0.15) is 18.0 Å². The minimum atomic E-state index is -3.43. The molecule has 0 aliphatic carbocycles. The third-order valence-electron chi connectivity index (χ3n) is 2.42. The monoisotopic (exact) mass is 246 g/mol. The van der Waals surface area contributed by atoms with Crippen LogP contribution in [0.25, 0.3) is 0 Å². The lowest BCUT2D eigenvalue weighted by Crippen LogP contribution is -2.51. The highest BCUT2D eigenvalue weighted by Gasteiger charge is 2.26. The molecule has 2 N–H and O–H groups in total. The molecule has 0 radical (unpaired) electrons. The van der Waals surface area contributed by atoms with Gasteiger partial charge in [0.1, 0.15) is 0 Å². The van der Waals surface area contributed by atoms with Crippen LogP contribution in [0.4, 0.5) is 0 Å². The van der Waals surface area contributed by atoms with Crippen LogP contribution in [0.1, 0.15) is 13.8 Å². The Morgan fingerprint density at radius 1 is 1.44 bits per heavy atom. The zero-order chi connectivity index (χ0) is 12.2. The molecule has 0 saturated carbocycles. The van der Waals surface area contributed by atoms with Gasteiger partial charge < -0.3 is 5.32 Å². The van der Waals surface area contributed by atoms with Gasteiger partial charge in [0.25, 0.3) is 10.2 Å². The Kier molecular flexibility index (Phi) is 4.27. The lowest BCUT2D eigenvalue weighted by molar-refractivity contribution is 0.350. The summed E-state index contributed by atoms with van der Waals surface area (Å²) in [5, 5.41) is 11.9. The average molecular weight is 246 g/mol. The average Bonchev–Trinajstić information content (AvgIpc) is 2.28. The van der Waals surface area contributed by atoms with Crippen LogP contribution in [0.2, 0.25) is 0 Å². The molecule has 1 aliphatic rings. The first-order valence-corrected chi connectivity index (χ1v) is 6.68. The van der Waals surface area contributed by atoms with E-state index < -0.39 is 15.6 Å². The second-order valence-electron chi connectivity index (χ2n) is 4.47. The van der Waals surface area contributed by atoms with Gasteiger partial charge in [0.05, 0.1) is 11.5 Å². The van der Waals surface area contributed by atoms with Crippen LogP contribution in [0.3, 0.4) is 0 Å². The molecule has 0 aromatic carbocycles. The molecule has 92 valence electrons. The van der Waals surface area contributed by atoms with Crippen molar-refractivity contribution in [2.45, 2.75) is 13.8 Å². The minimum absolute atomic E-state index is 0.135. The molecule has 1 rings (SSSR count). The molecule has 1 fully saturated rings. The van der Waals surface area contributed by atoms with Crippen molar-refractivity contribution in [3.05, 3.63) is 0 Å². The fourth-order valence-electron chi connectivity index (χ4n) is 1.29. The van der Waals surface area contributed by atoms with Gasteiger partial charge in [-0.15, -0.1) is 0 Å². The van der Waals surface area contributed by atoms with Crippen LogP contribution in [0.15, 0.2) is 0 Å². The van der Waals surface area contributed by atoms with Crippen molar-refractivity contribution in [2.75, 3.05) is 32.7 Å². The molecule has 1 saturated heterocycles. The molecule has 1 heterocycles. The second-order valence-corrected chi connectivity index (χ2v) is 6.23. The number of hydrogen-bond donors (Lipinski definition) is 2. The summed E-state index contributed by atoms with van der Waals surface area (Å²) >= 11 is 0. The first-order chi connectivity index (χ1) is 7.37. The maximum absolute atomic E-state index is 11.8. The van der Waals surface area contributed by atoms with E-state index in [1.807, 2.05) is 0 Å². The summed E-state index contributed by atoms with van der Waals surface area (Å²) in [5.41, 5.74) is -0.679. The van der Waals surface area contributed by atoms with E-state index in [4.69, 9.17) is 5.26 Å². The number of nitrogens with zero attached hydrogens (tertiary/aromatic N) is 2. The molecule has 16 heavy (non-hydrogen) atoms. The van der Waals surface area contributed by atoms with E-state index in [1.54, 1.807) is 13.8 Å². The molecule has 0 unspecified atom stereocenters. The lowest BCUT2D eigenvalue weighted by atomic mass is 9.97. The second kappa shape index (κ2) is 5.10. The number of nitrogens with one attached hydrogen (secondary N) is 2. The molecule has 0 atom stereocenters. The van der Waals surface area contributed by atoms with Gasteiger partial charge in [-0.1, -0.05) is 0 Å². The van der Waals surface area contributed by atoms with E-state index in [-0.39, 0.29) is 6.54 Å². The Hall–Kier alpha value is -0.680. The predicted molar refractivity (Wildman–Crippen MR) is 60.8 cm³/mol. The molecular weight excluding hydrogens is 228 g/mol. The van der Waals surface area contributed by atoms with Crippen LogP contribution >= 0.6 is 0 Å². The van der Waals surface area contributed by atoms with E-state index in [1.165, 1.54) is 4.31 Å². The number of hydrogen-bond acceptors (Lipinski definition) is 4. The molecule has 7 heteroatoms. The van der Waals surface area contributed by atoms with Crippen molar-refractivity contribution >= 4 is 10.2 Å². The molecular formula is C9H18N4O2S. The van der Waals surface area contributed by atoms with E-state index >= 15 is 0 Å². The summed E-state index contributed by atoms with van der Waals surface area (Å²) in [6.45, 7) is 5.83. The highest BCUT2D eigenvalue weighted by atomic mass is 32.2. The summed E-state index contributed by atoms with van der Waals surface area (Å²) in [4.78, 5) is 0. The maximum Gasteiger partial charge on any atom is 0.279 e.